The SMILES string of the molecule is Cc1nn(C)c(N2CCOC(CO)C2)c1C=O. The van der Waals surface area contributed by atoms with E-state index in [0.717, 1.165) is 17.8 Å². The first-order chi connectivity index (χ1) is 8.17. The second-order valence-electron chi connectivity index (χ2n) is 4.19. The van der Waals surface area contributed by atoms with Gasteiger partial charge < -0.3 is 14.7 Å². The Morgan fingerprint density at radius 1 is 1.65 bits per heavy atom. The maximum absolute atomic E-state index is 11.1. The number of hydrogen-bond acceptors (Lipinski definition) is 5. The normalized spacial score (nSPS) is 20.6. The zero-order chi connectivity index (χ0) is 12.4. The summed E-state index contributed by atoms with van der Waals surface area (Å²) in [4.78, 5) is 13.1. The standard InChI is InChI=1S/C11H17N3O3/c1-8-10(7-16)11(13(2)12-8)14-3-4-17-9(5-14)6-15/h7,9,15H,3-6H2,1-2H3. The summed E-state index contributed by atoms with van der Waals surface area (Å²) in [5.41, 5.74) is 1.34. The molecule has 6 nitrogen and oxygen atoms in total. The van der Waals surface area contributed by atoms with Crippen LogP contribution in [0.3, 0.4) is 0 Å². The minimum atomic E-state index is -0.196. The van der Waals surface area contributed by atoms with Gasteiger partial charge in [-0.25, -0.2) is 0 Å². The maximum atomic E-state index is 11.1. The third-order valence-corrected chi connectivity index (χ3v) is 3.00. The molecule has 1 aliphatic heterocycles. The van der Waals surface area contributed by atoms with Gasteiger partial charge in [-0.2, -0.15) is 5.10 Å². The van der Waals surface area contributed by atoms with E-state index >= 15 is 0 Å². The first-order valence-electron chi connectivity index (χ1n) is 5.63. The molecule has 0 aromatic carbocycles. The monoisotopic (exact) mass is 239 g/mol. The van der Waals surface area contributed by atoms with Crippen LogP contribution in [0.25, 0.3) is 0 Å². The Labute approximate surface area is 99.8 Å². The molecule has 1 unspecified atom stereocenters. The molecular formula is C11H17N3O3. The van der Waals surface area contributed by atoms with E-state index in [1.165, 1.54) is 0 Å². The first-order valence-corrected chi connectivity index (χ1v) is 5.63. The minimum Gasteiger partial charge on any atom is -0.394 e. The van der Waals surface area contributed by atoms with Gasteiger partial charge in [0.1, 0.15) is 5.82 Å². The molecule has 1 atom stereocenters. The fourth-order valence-corrected chi connectivity index (χ4v) is 2.20. The molecule has 0 aliphatic carbocycles. The third kappa shape index (κ3) is 2.18. The zero-order valence-corrected chi connectivity index (χ0v) is 10.1. The van der Waals surface area contributed by atoms with Gasteiger partial charge in [0, 0.05) is 20.1 Å². The van der Waals surface area contributed by atoms with E-state index < -0.39 is 0 Å². The number of aliphatic hydroxyl groups is 1. The fourth-order valence-electron chi connectivity index (χ4n) is 2.20. The number of aldehydes is 1. The predicted molar refractivity (Wildman–Crippen MR) is 62.4 cm³/mol. The van der Waals surface area contributed by atoms with Crippen molar-refractivity contribution >= 4 is 12.1 Å². The fraction of sp³-hybridized carbons (Fsp3) is 0.636. The number of hydrogen-bond donors (Lipinski definition) is 1. The lowest BCUT2D eigenvalue weighted by molar-refractivity contribution is 0.00316. The first kappa shape index (κ1) is 12.1. The van der Waals surface area contributed by atoms with Gasteiger partial charge in [-0.1, -0.05) is 0 Å². The molecule has 1 fully saturated rings. The second-order valence-corrected chi connectivity index (χ2v) is 4.19. The molecule has 0 amide bonds. The van der Waals surface area contributed by atoms with Crippen molar-refractivity contribution in [2.24, 2.45) is 7.05 Å². The summed E-state index contributed by atoms with van der Waals surface area (Å²) in [7, 11) is 1.82. The number of aromatic nitrogens is 2. The summed E-state index contributed by atoms with van der Waals surface area (Å²) in [6, 6.07) is 0. The number of anilines is 1. The Balaban J connectivity index is 2.29. The lowest BCUT2D eigenvalue weighted by atomic mass is 10.2. The molecule has 17 heavy (non-hydrogen) atoms. The largest absolute Gasteiger partial charge is 0.394 e. The highest BCUT2D eigenvalue weighted by atomic mass is 16.5. The summed E-state index contributed by atoms with van der Waals surface area (Å²) >= 11 is 0. The lowest BCUT2D eigenvalue weighted by Crippen LogP contribution is -2.45. The molecule has 1 aliphatic rings. The highest BCUT2D eigenvalue weighted by Gasteiger charge is 2.25. The molecule has 2 rings (SSSR count). The summed E-state index contributed by atoms with van der Waals surface area (Å²) in [5, 5.41) is 13.4. The van der Waals surface area contributed by atoms with Crippen LogP contribution in [0.1, 0.15) is 16.1 Å². The van der Waals surface area contributed by atoms with Crippen molar-refractivity contribution < 1.29 is 14.6 Å². The van der Waals surface area contributed by atoms with Crippen LogP contribution in [0.2, 0.25) is 0 Å². The van der Waals surface area contributed by atoms with Crippen molar-refractivity contribution in [3.8, 4) is 0 Å². The number of aliphatic hydroxyl groups excluding tert-OH is 1. The Morgan fingerprint density at radius 2 is 2.41 bits per heavy atom. The molecule has 2 heterocycles. The van der Waals surface area contributed by atoms with Crippen molar-refractivity contribution in [1.29, 1.82) is 0 Å². The smallest absolute Gasteiger partial charge is 0.155 e. The number of carbonyl (C=O) groups is 1. The van der Waals surface area contributed by atoms with E-state index in [1.54, 1.807) is 4.68 Å². The number of aryl methyl sites for hydroxylation is 2. The maximum Gasteiger partial charge on any atom is 0.155 e. The molecule has 1 aromatic heterocycles. The number of rotatable bonds is 3. The summed E-state index contributed by atoms with van der Waals surface area (Å²) in [6.45, 7) is 3.64. The van der Waals surface area contributed by atoms with Gasteiger partial charge >= 0.3 is 0 Å². The minimum absolute atomic E-state index is 0.0102. The van der Waals surface area contributed by atoms with Crippen LogP contribution in [0, 0.1) is 6.92 Å². The molecule has 94 valence electrons. The average molecular weight is 239 g/mol. The van der Waals surface area contributed by atoms with Gasteiger partial charge in [-0.3, -0.25) is 9.48 Å². The van der Waals surface area contributed by atoms with E-state index in [4.69, 9.17) is 9.84 Å². The molecular weight excluding hydrogens is 222 g/mol. The van der Waals surface area contributed by atoms with Gasteiger partial charge in [-0.05, 0) is 6.92 Å². The summed E-state index contributed by atoms with van der Waals surface area (Å²) in [5.74, 6) is 0.805. The van der Waals surface area contributed by atoms with Gasteiger partial charge in [0.05, 0.1) is 30.6 Å². The van der Waals surface area contributed by atoms with Crippen LogP contribution in [0.4, 0.5) is 5.82 Å². The predicted octanol–water partition coefficient (Wildman–Crippen LogP) is -0.261. The van der Waals surface area contributed by atoms with Gasteiger partial charge in [0.2, 0.25) is 0 Å². The van der Waals surface area contributed by atoms with E-state index in [1.807, 2.05) is 18.9 Å². The van der Waals surface area contributed by atoms with E-state index in [2.05, 4.69) is 5.10 Å². The van der Waals surface area contributed by atoms with Crippen LogP contribution in [0.5, 0.6) is 0 Å². The molecule has 1 saturated heterocycles. The summed E-state index contributed by atoms with van der Waals surface area (Å²) < 4.78 is 7.10. The third-order valence-electron chi connectivity index (χ3n) is 3.00. The number of nitrogens with zero attached hydrogens (tertiary/aromatic N) is 3. The Morgan fingerprint density at radius 3 is 3.06 bits per heavy atom. The van der Waals surface area contributed by atoms with Crippen molar-refractivity contribution in [3.63, 3.8) is 0 Å². The van der Waals surface area contributed by atoms with Crippen LogP contribution in [-0.4, -0.2) is 53.6 Å². The molecule has 0 spiro atoms. The number of morpholine rings is 1. The van der Waals surface area contributed by atoms with Crippen molar-refractivity contribution in [2.75, 3.05) is 31.2 Å². The van der Waals surface area contributed by atoms with E-state index in [9.17, 15) is 4.79 Å². The Bertz CT molecular complexity index is 416. The van der Waals surface area contributed by atoms with Crippen LogP contribution in [0.15, 0.2) is 0 Å². The van der Waals surface area contributed by atoms with Crippen LogP contribution < -0.4 is 4.90 Å². The highest BCUT2D eigenvalue weighted by molar-refractivity contribution is 5.84. The molecule has 1 N–H and O–H groups in total. The second kappa shape index (κ2) is 4.85. The Hall–Kier alpha value is -1.40. The van der Waals surface area contributed by atoms with Crippen molar-refractivity contribution in [1.82, 2.24) is 9.78 Å². The molecule has 1 aromatic rings. The van der Waals surface area contributed by atoms with Crippen LogP contribution >= 0.6 is 0 Å². The number of carbonyl (C=O) groups excluding carboxylic acids is 1. The van der Waals surface area contributed by atoms with E-state index in [0.29, 0.717) is 25.3 Å². The quantitative estimate of drug-likeness (QED) is 0.736. The summed E-state index contributed by atoms with van der Waals surface area (Å²) in [6.07, 6.45) is 0.639. The van der Waals surface area contributed by atoms with Crippen LogP contribution in [-0.2, 0) is 11.8 Å². The van der Waals surface area contributed by atoms with Gasteiger partial charge in [-0.15, -0.1) is 0 Å². The number of ether oxygens (including phenoxy) is 1. The van der Waals surface area contributed by atoms with Gasteiger partial charge in [0.25, 0.3) is 0 Å². The topological polar surface area (TPSA) is 67.6 Å². The van der Waals surface area contributed by atoms with Crippen molar-refractivity contribution in [2.45, 2.75) is 13.0 Å². The zero-order valence-electron chi connectivity index (χ0n) is 10.1. The highest BCUT2D eigenvalue weighted by Crippen LogP contribution is 2.23. The molecule has 0 radical (unpaired) electrons. The van der Waals surface area contributed by atoms with Crippen molar-refractivity contribution in [3.05, 3.63) is 11.3 Å². The van der Waals surface area contributed by atoms with E-state index in [-0.39, 0.29) is 12.7 Å². The lowest BCUT2D eigenvalue weighted by Gasteiger charge is -2.33. The average Bonchev–Trinajstić information content (AvgIpc) is 2.63. The molecule has 0 saturated carbocycles. The van der Waals surface area contributed by atoms with Gasteiger partial charge in [0.15, 0.2) is 6.29 Å². The molecule has 0 bridgehead atoms. The molecule has 6 heteroatoms. The Kier molecular flexibility index (Phi) is 3.44.